The minimum absolute atomic E-state index is 0.0509. The number of amides is 3. The molecule has 1 saturated carbocycles. The van der Waals surface area contributed by atoms with Crippen molar-refractivity contribution in [1.82, 2.24) is 9.80 Å². The van der Waals surface area contributed by atoms with E-state index in [-0.39, 0.29) is 18.5 Å². The average molecular weight is 497 g/mol. The van der Waals surface area contributed by atoms with E-state index in [4.69, 9.17) is 4.74 Å². The number of fused-ring (bicyclic) bond motifs is 2. The first-order valence-electron chi connectivity index (χ1n) is 11.1. The normalized spacial score (nSPS) is 22.8. The van der Waals surface area contributed by atoms with Crippen LogP contribution < -0.4 is 0 Å². The molecule has 1 unspecified atom stereocenters. The molecular formula is C25H25BrN2O4. The largest absolute Gasteiger partial charge is 0.427 e. The van der Waals surface area contributed by atoms with Crippen molar-refractivity contribution >= 4 is 33.8 Å². The van der Waals surface area contributed by atoms with Crippen molar-refractivity contribution in [1.29, 1.82) is 0 Å². The van der Waals surface area contributed by atoms with Gasteiger partial charge in [0.2, 0.25) is 11.5 Å². The molecule has 7 heteroatoms. The van der Waals surface area contributed by atoms with Crippen LogP contribution in [-0.2, 0) is 32.9 Å². The molecule has 2 atom stereocenters. The Bertz CT molecular complexity index is 1080. The molecule has 32 heavy (non-hydrogen) atoms. The van der Waals surface area contributed by atoms with E-state index in [1.807, 2.05) is 48.5 Å². The Morgan fingerprint density at radius 3 is 2.69 bits per heavy atom. The summed E-state index contributed by atoms with van der Waals surface area (Å²) < 4.78 is 6.59. The third-order valence-corrected chi connectivity index (χ3v) is 7.42. The van der Waals surface area contributed by atoms with E-state index in [1.54, 1.807) is 4.90 Å². The lowest BCUT2D eigenvalue weighted by Crippen LogP contribution is -2.47. The number of imide groups is 1. The third-order valence-electron chi connectivity index (χ3n) is 6.93. The number of nitrogens with zero attached hydrogens (tertiary/aromatic N) is 2. The van der Waals surface area contributed by atoms with Gasteiger partial charge < -0.3 is 9.64 Å². The van der Waals surface area contributed by atoms with Gasteiger partial charge in [0.25, 0.3) is 5.91 Å². The van der Waals surface area contributed by atoms with E-state index in [0.717, 1.165) is 38.9 Å². The first-order chi connectivity index (χ1) is 15.4. The predicted octanol–water partition coefficient (Wildman–Crippen LogP) is 4.40. The average Bonchev–Trinajstić information content (AvgIpc) is 3.54. The van der Waals surface area contributed by atoms with Gasteiger partial charge in [0.05, 0.1) is 0 Å². The van der Waals surface area contributed by atoms with Gasteiger partial charge >= 0.3 is 6.09 Å². The molecule has 6 nitrogen and oxygen atoms in total. The molecule has 3 amide bonds. The van der Waals surface area contributed by atoms with Crippen molar-refractivity contribution in [2.24, 2.45) is 5.92 Å². The smallest absolute Gasteiger partial charge is 0.418 e. The first kappa shape index (κ1) is 21.2. The van der Waals surface area contributed by atoms with Crippen LogP contribution in [0.25, 0.3) is 0 Å². The van der Waals surface area contributed by atoms with Gasteiger partial charge in [0, 0.05) is 29.0 Å². The highest BCUT2D eigenvalue weighted by molar-refractivity contribution is 9.10. The van der Waals surface area contributed by atoms with Gasteiger partial charge in [-0.15, -0.1) is 0 Å². The highest BCUT2D eigenvalue weighted by Gasteiger charge is 2.58. The van der Waals surface area contributed by atoms with Gasteiger partial charge in [-0.2, -0.15) is 0 Å². The zero-order valence-corrected chi connectivity index (χ0v) is 19.5. The summed E-state index contributed by atoms with van der Waals surface area (Å²) >= 11 is 3.45. The van der Waals surface area contributed by atoms with Crippen LogP contribution in [0.2, 0.25) is 0 Å². The summed E-state index contributed by atoms with van der Waals surface area (Å²) in [5, 5.41) is 0. The number of ether oxygens (including phenoxy) is 1. The third kappa shape index (κ3) is 3.62. The van der Waals surface area contributed by atoms with Crippen LogP contribution in [0.3, 0.4) is 0 Å². The van der Waals surface area contributed by atoms with Crippen molar-refractivity contribution in [2.75, 3.05) is 6.54 Å². The second-order valence-electron chi connectivity index (χ2n) is 8.97. The zero-order valence-electron chi connectivity index (χ0n) is 17.9. The number of aryl methyl sites for hydroxylation is 1. The number of hydrogen-bond donors (Lipinski definition) is 0. The summed E-state index contributed by atoms with van der Waals surface area (Å²) in [7, 11) is 0. The number of rotatable bonds is 6. The number of carbonyl (C=O) groups excluding carboxylic acids is 3. The van der Waals surface area contributed by atoms with Crippen LogP contribution in [0.4, 0.5) is 4.79 Å². The summed E-state index contributed by atoms with van der Waals surface area (Å²) in [5.41, 5.74) is 1.43. The highest BCUT2D eigenvalue weighted by atomic mass is 79.9. The van der Waals surface area contributed by atoms with E-state index >= 15 is 0 Å². The van der Waals surface area contributed by atoms with E-state index in [9.17, 15) is 14.4 Å². The molecule has 1 heterocycles. The Morgan fingerprint density at radius 1 is 1.22 bits per heavy atom. The predicted molar refractivity (Wildman–Crippen MR) is 122 cm³/mol. The Labute approximate surface area is 195 Å². The van der Waals surface area contributed by atoms with Crippen LogP contribution in [0, 0.1) is 5.92 Å². The summed E-state index contributed by atoms with van der Waals surface area (Å²) in [5.74, 6) is -0.198. The monoisotopic (exact) mass is 496 g/mol. The number of halogens is 1. The second-order valence-corrected chi connectivity index (χ2v) is 9.89. The molecule has 0 N–H and O–H groups in total. The summed E-state index contributed by atoms with van der Waals surface area (Å²) in [6, 6.07) is 15.5. The lowest BCUT2D eigenvalue weighted by molar-refractivity contribution is -0.143. The standard InChI is InChI=1S/C25H25BrN2O4/c1-16(18-7-8-18)27(14-17-5-3-2-4-6-17)22(29)15-28-23(30)25(32-24(28)31)12-11-19-13-20(26)9-10-21(19)25/h2-6,9-10,13,16,18H,7-8,11-12,14-15H2,1H3/t16-,25?/m0/s1. The highest BCUT2D eigenvalue weighted by Crippen LogP contribution is 2.46. The van der Waals surface area contributed by atoms with Crippen LogP contribution >= 0.6 is 15.9 Å². The van der Waals surface area contributed by atoms with Crippen molar-refractivity contribution in [3.63, 3.8) is 0 Å². The molecule has 1 aliphatic heterocycles. The number of benzene rings is 2. The molecular weight excluding hydrogens is 472 g/mol. The van der Waals surface area contributed by atoms with E-state index in [2.05, 4.69) is 22.9 Å². The van der Waals surface area contributed by atoms with Gasteiger partial charge in [-0.3, -0.25) is 9.59 Å². The topological polar surface area (TPSA) is 66.9 Å². The van der Waals surface area contributed by atoms with Crippen LogP contribution in [0.1, 0.15) is 42.9 Å². The van der Waals surface area contributed by atoms with Crippen molar-refractivity contribution in [3.8, 4) is 0 Å². The summed E-state index contributed by atoms with van der Waals surface area (Å²) in [4.78, 5) is 42.4. The molecule has 5 rings (SSSR count). The fraction of sp³-hybridized carbons (Fsp3) is 0.400. The molecule has 0 bridgehead atoms. The SMILES string of the molecule is C[C@@H](C1CC1)N(Cc1ccccc1)C(=O)CN1C(=O)OC2(CCc3cc(Br)ccc32)C1=O. The minimum atomic E-state index is -1.31. The molecule has 2 aromatic rings. The molecule has 1 saturated heterocycles. The fourth-order valence-electron chi connectivity index (χ4n) is 4.92. The van der Waals surface area contributed by atoms with Crippen LogP contribution in [0.15, 0.2) is 53.0 Å². The number of hydrogen-bond acceptors (Lipinski definition) is 4. The van der Waals surface area contributed by atoms with E-state index in [1.165, 1.54) is 0 Å². The van der Waals surface area contributed by atoms with Crippen molar-refractivity contribution in [3.05, 3.63) is 69.7 Å². The van der Waals surface area contributed by atoms with Crippen LogP contribution in [-0.4, -0.2) is 40.3 Å². The first-order valence-corrected chi connectivity index (χ1v) is 11.9. The molecule has 0 radical (unpaired) electrons. The fourth-order valence-corrected chi connectivity index (χ4v) is 5.33. The van der Waals surface area contributed by atoms with Crippen molar-refractivity contribution < 1.29 is 19.1 Å². The van der Waals surface area contributed by atoms with Gasteiger partial charge in [-0.1, -0.05) is 52.3 Å². The zero-order chi connectivity index (χ0) is 22.5. The maximum atomic E-state index is 13.4. The Hall–Kier alpha value is -2.67. The van der Waals surface area contributed by atoms with E-state index < -0.39 is 17.6 Å². The Morgan fingerprint density at radius 2 is 1.97 bits per heavy atom. The molecule has 2 aromatic carbocycles. The van der Waals surface area contributed by atoms with Gasteiger partial charge in [0.15, 0.2) is 0 Å². The van der Waals surface area contributed by atoms with Crippen molar-refractivity contribution in [2.45, 2.75) is 50.8 Å². The summed E-state index contributed by atoms with van der Waals surface area (Å²) in [6.07, 6.45) is 2.51. The van der Waals surface area contributed by atoms with E-state index in [0.29, 0.717) is 25.3 Å². The maximum Gasteiger partial charge on any atom is 0.418 e. The summed E-state index contributed by atoms with van der Waals surface area (Å²) in [6.45, 7) is 2.21. The quantitative estimate of drug-likeness (QED) is 0.594. The lowest BCUT2D eigenvalue weighted by atomic mass is 9.95. The van der Waals surface area contributed by atoms with Gasteiger partial charge in [0.1, 0.15) is 6.54 Å². The Kier molecular flexibility index (Phi) is 5.32. The molecule has 0 aromatic heterocycles. The molecule has 2 fully saturated rings. The van der Waals surface area contributed by atoms with Gasteiger partial charge in [-0.25, -0.2) is 9.69 Å². The maximum absolute atomic E-state index is 13.4. The molecule has 3 aliphatic rings. The molecule has 166 valence electrons. The molecule has 1 spiro atoms. The molecule has 2 aliphatic carbocycles. The number of carbonyl (C=O) groups is 3. The van der Waals surface area contributed by atoms with Gasteiger partial charge in [-0.05, 0) is 55.4 Å². The second kappa shape index (κ2) is 8.03. The minimum Gasteiger partial charge on any atom is -0.427 e. The Balaban J connectivity index is 1.37. The van der Waals surface area contributed by atoms with Crippen LogP contribution in [0.5, 0.6) is 0 Å². The lowest BCUT2D eigenvalue weighted by Gasteiger charge is -2.30.